The first-order chi connectivity index (χ1) is 9.88. The molecule has 2 rings (SSSR count). The van der Waals surface area contributed by atoms with Gasteiger partial charge in [-0.3, -0.25) is 4.99 Å². The van der Waals surface area contributed by atoms with E-state index in [1.807, 2.05) is 7.05 Å². The molecule has 1 saturated carbocycles. The summed E-state index contributed by atoms with van der Waals surface area (Å²) in [5.74, 6) is 1.87. The number of hydrogen-bond donors (Lipinski definition) is 2. The highest BCUT2D eigenvalue weighted by Gasteiger charge is 2.20. The molecule has 0 amide bonds. The summed E-state index contributed by atoms with van der Waals surface area (Å²) in [5.41, 5.74) is 0. The van der Waals surface area contributed by atoms with Gasteiger partial charge in [0.2, 0.25) is 0 Å². The van der Waals surface area contributed by atoms with Gasteiger partial charge in [0.05, 0.1) is 12.7 Å². The van der Waals surface area contributed by atoms with Gasteiger partial charge in [-0.25, -0.2) is 0 Å². The van der Waals surface area contributed by atoms with E-state index >= 15 is 0 Å². The third-order valence-electron chi connectivity index (χ3n) is 3.85. The smallest absolute Gasteiger partial charge is 0.190 e. The molecule has 1 heterocycles. The van der Waals surface area contributed by atoms with Crippen molar-refractivity contribution in [2.24, 2.45) is 10.9 Å². The summed E-state index contributed by atoms with van der Waals surface area (Å²) in [6, 6.07) is 0. The molecule has 1 unspecified atom stereocenters. The molecule has 1 atom stereocenters. The van der Waals surface area contributed by atoms with Crippen LogP contribution in [0, 0.1) is 5.92 Å². The molecule has 0 bridgehead atoms. The van der Waals surface area contributed by atoms with Crippen molar-refractivity contribution in [3.8, 4) is 0 Å². The first-order valence-electron chi connectivity index (χ1n) is 8.02. The SMILES string of the molecule is CN=C(NCCCOCC1CCCO1)NCCC1CC1.I. The fourth-order valence-electron chi connectivity index (χ4n) is 2.39. The van der Waals surface area contributed by atoms with Gasteiger partial charge in [-0.1, -0.05) is 12.8 Å². The van der Waals surface area contributed by atoms with E-state index in [9.17, 15) is 0 Å². The van der Waals surface area contributed by atoms with Crippen molar-refractivity contribution in [3.63, 3.8) is 0 Å². The van der Waals surface area contributed by atoms with E-state index in [0.29, 0.717) is 6.10 Å². The number of nitrogens with one attached hydrogen (secondary N) is 2. The highest BCUT2D eigenvalue weighted by atomic mass is 127. The maximum Gasteiger partial charge on any atom is 0.190 e. The molecule has 21 heavy (non-hydrogen) atoms. The maximum absolute atomic E-state index is 5.63. The minimum absolute atomic E-state index is 0. The molecular formula is C15H30IN3O2. The molecule has 0 spiro atoms. The van der Waals surface area contributed by atoms with Gasteiger partial charge in [0.15, 0.2) is 5.96 Å². The lowest BCUT2D eigenvalue weighted by molar-refractivity contribution is 0.0168. The Morgan fingerprint density at radius 2 is 2.05 bits per heavy atom. The molecule has 1 aliphatic heterocycles. The molecule has 5 nitrogen and oxygen atoms in total. The Labute approximate surface area is 145 Å². The average Bonchev–Trinajstić information content (AvgIpc) is 3.14. The Balaban J connectivity index is 0.00000220. The van der Waals surface area contributed by atoms with Crippen LogP contribution >= 0.6 is 24.0 Å². The lowest BCUT2D eigenvalue weighted by Crippen LogP contribution is -2.38. The van der Waals surface area contributed by atoms with E-state index in [-0.39, 0.29) is 24.0 Å². The zero-order valence-electron chi connectivity index (χ0n) is 13.1. The quantitative estimate of drug-likeness (QED) is 0.264. The lowest BCUT2D eigenvalue weighted by Gasteiger charge is -2.12. The van der Waals surface area contributed by atoms with Crippen molar-refractivity contribution in [3.05, 3.63) is 0 Å². The van der Waals surface area contributed by atoms with Crippen LogP contribution < -0.4 is 10.6 Å². The van der Waals surface area contributed by atoms with Crippen molar-refractivity contribution in [1.29, 1.82) is 0 Å². The van der Waals surface area contributed by atoms with Gasteiger partial charge in [0, 0.05) is 33.4 Å². The number of hydrogen-bond acceptors (Lipinski definition) is 3. The standard InChI is InChI=1S/C15H29N3O2.HI/c1-16-15(18-9-7-13-5-6-13)17-8-3-10-19-12-14-4-2-11-20-14;/h13-14H,2-12H2,1H3,(H2,16,17,18);1H. The summed E-state index contributed by atoms with van der Waals surface area (Å²) in [4.78, 5) is 4.22. The topological polar surface area (TPSA) is 54.9 Å². The number of rotatable bonds is 9. The van der Waals surface area contributed by atoms with Crippen molar-refractivity contribution in [2.45, 2.75) is 44.6 Å². The summed E-state index contributed by atoms with van der Waals surface area (Å²) in [6.07, 6.45) is 7.75. The fourth-order valence-corrected chi connectivity index (χ4v) is 2.39. The molecule has 0 aromatic heterocycles. The minimum Gasteiger partial charge on any atom is -0.379 e. The Hall–Kier alpha value is -0.0800. The Kier molecular flexibility index (Phi) is 10.4. The van der Waals surface area contributed by atoms with Crippen LogP contribution in [-0.2, 0) is 9.47 Å². The highest BCUT2D eigenvalue weighted by molar-refractivity contribution is 14.0. The summed E-state index contributed by atoms with van der Waals surface area (Å²) >= 11 is 0. The molecule has 6 heteroatoms. The third kappa shape index (κ3) is 8.83. The van der Waals surface area contributed by atoms with Gasteiger partial charge in [0.1, 0.15) is 0 Å². The van der Waals surface area contributed by atoms with E-state index in [1.165, 1.54) is 25.7 Å². The average molecular weight is 411 g/mol. The summed E-state index contributed by atoms with van der Waals surface area (Å²) in [7, 11) is 1.82. The van der Waals surface area contributed by atoms with Crippen molar-refractivity contribution in [2.75, 3.05) is 40.0 Å². The van der Waals surface area contributed by atoms with Crippen molar-refractivity contribution < 1.29 is 9.47 Å². The molecule has 2 fully saturated rings. The zero-order chi connectivity index (χ0) is 14.0. The second kappa shape index (κ2) is 11.5. The van der Waals surface area contributed by atoms with Crippen LogP contribution in [0.25, 0.3) is 0 Å². The Bertz CT molecular complexity index is 293. The van der Waals surface area contributed by atoms with Crippen LogP contribution in [0.2, 0.25) is 0 Å². The number of ether oxygens (including phenoxy) is 2. The first kappa shape index (κ1) is 19.0. The molecule has 0 aromatic carbocycles. The Morgan fingerprint density at radius 3 is 2.71 bits per heavy atom. The van der Waals surface area contributed by atoms with E-state index in [2.05, 4.69) is 15.6 Å². The number of halogens is 1. The van der Waals surface area contributed by atoms with Gasteiger partial charge >= 0.3 is 0 Å². The molecule has 1 saturated heterocycles. The molecule has 0 radical (unpaired) electrons. The van der Waals surface area contributed by atoms with Crippen LogP contribution in [0.1, 0.15) is 38.5 Å². The van der Waals surface area contributed by atoms with E-state index in [1.54, 1.807) is 0 Å². The van der Waals surface area contributed by atoms with E-state index < -0.39 is 0 Å². The zero-order valence-corrected chi connectivity index (χ0v) is 15.4. The van der Waals surface area contributed by atoms with Gasteiger partial charge < -0.3 is 20.1 Å². The Morgan fingerprint density at radius 1 is 1.24 bits per heavy atom. The molecule has 2 N–H and O–H groups in total. The monoisotopic (exact) mass is 411 g/mol. The number of aliphatic imine (C=N–C) groups is 1. The predicted octanol–water partition coefficient (Wildman–Crippen LogP) is 2.16. The first-order valence-corrected chi connectivity index (χ1v) is 8.02. The van der Waals surface area contributed by atoms with Crippen LogP contribution in [-0.4, -0.2) is 52.0 Å². The normalized spacial score (nSPS) is 22.0. The summed E-state index contributed by atoms with van der Waals surface area (Å²) < 4.78 is 11.1. The third-order valence-corrected chi connectivity index (χ3v) is 3.85. The van der Waals surface area contributed by atoms with E-state index in [4.69, 9.17) is 9.47 Å². The molecule has 124 valence electrons. The van der Waals surface area contributed by atoms with Crippen LogP contribution in [0.15, 0.2) is 4.99 Å². The van der Waals surface area contributed by atoms with Crippen LogP contribution in [0.4, 0.5) is 0 Å². The molecular weight excluding hydrogens is 381 g/mol. The second-order valence-electron chi connectivity index (χ2n) is 5.72. The molecule has 1 aliphatic carbocycles. The lowest BCUT2D eigenvalue weighted by atomic mass is 10.2. The maximum atomic E-state index is 5.63. The minimum atomic E-state index is 0. The van der Waals surface area contributed by atoms with Crippen molar-refractivity contribution >= 4 is 29.9 Å². The molecule has 0 aromatic rings. The van der Waals surface area contributed by atoms with E-state index in [0.717, 1.165) is 57.6 Å². The number of guanidine groups is 1. The van der Waals surface area contributed by atoms with Gasteiger partial charge in [-0.05, 0) is 31.6 Å². The highest BCUT2D eigenvalue weighted by Crippen LogP contribution is 2.31. The van der Waals surface area contributed by atoms with Gasteiger partial charge in [-0.2, -0.15) is 0 Å². The number of nitrogens with zero attached hydrogens (tertiary/aromatic N) is 1. The summed E-state index contributed by atoms with van der Waals surface area (Å²) in [6.45, 7) is 4.35. The van der Waals surface area contributed by atoms with Crippen LogP contribution in [0.5, 0.6) is 0 Å². The summed E-state index contributed by atoms with van der Waals surface area (Å²) in [5, 5.41) is 6.67. The van der Waals surface area contributed by atoms with Crippen molar-refractivity contribution in [1.82, 2.24) is 10.6 Å². The second-order valence-corrected chi connectivity index (χ2v) is 5.72. The van der Waals surface area contributed by atoms with Crippen LogP contribution in [0.3, 0.4) is 0 Å². The van der Waals surface area contributed by atoms with Gasteiger partial charge in [0.25, 0.3) is 0 Å². The fraction of sp³-hybridized carbons (Fsp3) is 0.933. The largest absolute Gasteiger partial charge is 0.379 e. The predicted molar refractivity (Wildman–Crippen MR) is 96.5 cm³/mol. The molecule has 2 aliphatic rings. The van der Waals surface area contributed by atoms with Gasteiger partial charge in [-0.15, -0.1) is 24.0 Å².